The third-order valence-electron chi connectivity index (χ3n) is 4.75. The van der Waals surface area contributed by atoms with Gasteiger partial charge in [0.2, 0.25) is 0 Å². The van der Waals surface area contributed by atoms with Crippen LogP contribution in [0.25, 0.3) is 0 Å². The molecule has 2 aliphatic heterocycles. The summed E-state index contributed by atoms with van der Waals surface area (Å²) in [6.07, 6.45) is 0. The minimum atomic E-state index is -0.0726. The molecule has 27 heavy (non-hydrogen) atoms. The molecule has 10 heteroatoms. The van der Waals surface area contributed by atoms with Crippen molar-refractivity contribution in [3.63, 3.8) is 0 Å². The lowest BCUT2D eigenvalue weighted by Crippen LogP contribution is -2.49. The average Bonchev–Trinajstić information content (AvgIpc) is 3.06. The molecule has 2 saturated heterocycles. The van der Waals surface area contributed by atoms with Crippen molar-refractivity contribution in [2.24, 2.45) is 0 Å². The summed E-state index contributed by atoms with van der Waals surface area (Å²) < 4.78 is 6.33. The molecule has 0 bridgehead atoms. The van der Waals surface area contributed by atoms with Crippen molar-refractivity contribution in [3.8, 4) is 0 Å². The Kier molecular flexibility index (Phi) is 5.68. The Morgan fingerprint density at radius 1 is 0.963 bits per heavy atom. The predicted octanol–water partition coefficient (Wildman–Crippen LogP) is 2.64. The van der Waals surface area contributed by atoms with Crippen LogP contribution in [0.15, 0.2) is 18.2 Å². The van der Waals surface area contributed by atoms with Crippen LogP contribution in [-0.4, -0.2) is 73.5 Å². The fraction of sp³-hybridized carbons (Fsp3) is 0.471. The molecule has 7 nitrogen and oxygen atoms in total. The number of ether oxygens (including phenoxy) is 1. The smallest absolute Gasteiger partial charge is 0.256 e. The fourth-order valence-corrected chi connectivity index (χ4v) is 4.69. The number of nitrogens with zero attached hydrogens (tertiary/aromatic N) is 5. The van der Waals surface area contributed by atoms with E-state index in [-0.39, 0.29) is 5.91 Å². The number of thiophene rings is 1. The van der Waals surface area contributed by atoms with E-state index in [2.05, 4.69) is 20.0 Å². The second-order valence-electron chi connectivity index (χ2n) is 6.37. The Morgan fingerprint density at radius 3 is 2.07 bits per heavy atom. The maximum absolute atomic E-state index is 12.6. The van der Waals surface area contributed by atoms with Gasteiger partial charge in [0.15, 0.2) is 11.6 Å². The largest absolute Gasteiger partial charge is 0.378 e. The van der Waals surface area contributed by atoms with E-state index < -0.39 is 0 Å². The summed E-state index contributed by atoms with van der Waals surface area (Å²) in [6, 6.07) is 5.63. The summed E-state index contributed by atoms with van der Waals surface area (Å²) in [5, 5.41) is 8.74. The molecule has 2 aromatic heterocycles. The van der Waals surface area contributed by atoms with Crippen LogP contribution in [0.1, 0.15) is 10.4 Å². The topological polar surface area (TPSA) is 61.8 Å². The maximum Gasteiger partial charge on any atom is 0.256 e. The van der Waals surface area contributed by atoms with E-state index in [1.54, 1.807) is 11.0 Å². The van der Waals surface area contributed by atoms with Gasteiger partial charge in [-0.25, -0.2) is 0 Å². The van der Waals surface area contributed by atoms with Gasteiger partial charge < -0.3 is 19.4 Å². The summed E-state index contributed by atoms with van der Waals surface area (Å²) in [5.74, 6) is 1.63. The van der Waals surface area contributed by atoms with Crippen LogP contribution in [0.5, 0.6) is 0 Å². The standard InChI is InChI=1S/C17H19Cl2N5O2S/c18-13-11-12(16(19)27-13)17(25)24-5-3-22(4-6-24)14-1-2-15(21-20-14)23-7-9-26-10-8-23/h1-2,11H,3-10H2. The summed E-state index contributed by atoms with van der Waals surface area (Å²) >= 11 is 13.3. The third kappa shape index (κ3) is 4.13. The zero-order valence-corrected chi connectivity index (χ0v) is 16.9. The van der Waals surface area contributed by atoms with E-state index in [0.717, 1.165) is 37.9 Å². The number of rotatable bonds is 3. The first-order valence-electron chi connectivity index (χ1n) is 8.77. The Hall–Kier alpha value is -1.61. The van der Waals surface area contributed by atoms with Crippen LogP contribution in [0, 0.1) is 0 Å². The van der Waals surface area contributed by atoms with Gasteiger partial charge in [-0.1, -0.05) is 23.2 Å². The van der Waals surface area contributed by atoms with Crippen LogP contribution >= 0.6 is 34.5 Å². The molecule has 2 fully saturated rings. The number of hydrogen-bond donors (Lipinski definition) is 0. The summed E-state index contributed by atoms with van der Waals surface area (Å²) in [5.41, 5.74) is 0.481. The highest BCUT2D eigenvalue weighted by Gasteiger charge is 2.25. The lowest BCUT2D eigenvalue weighted by molar-refractivity contribution is 0.0747. The van der Waals surface area contributed by atoms with E-state index in [1.165, 1.54) is 11.3 Å². The number of carbonyl (C=O) groups excluding carboxylic acids is 1. The van der Waals surface area contributed by atoms with Gasteiger partial charge in [0.05, 0.1) is 23.1 Å². The molecule has 2 aliphatic rings. The minimum absolute atomic E-state index is 0.0726. The first kappa shape index (κ1) is 18.7. The number of carbonyl (C=O) groups is 1. The first-order valence-corrected chi connectivity index (χ1v) is 10.3. The quantitative estimate of drug-likeness (QED) is 0.749. The minimum Gasteiger partial charge on any atom is -0.378 e. The van der Waals surface area contributed by atoms with Crippen LogP contribution in [0.4, 0.5) is 11.6 Å². The number of halogens is 2. The molecular formula is C17H19Cl2N5O2S. The van der Waals surface area contributed by atoms with E-state index in [4.69, 9.17) is 27.9 Å². The molecule has 0 atom stereocenters. The molecule has 0 radical (unpaired) electrons. The fourth-order valence-electron chi connectivity index (χ4n) is 3.24. The number of aromatic nitrogens is 2. The zero-order chi connectivity index (χ0) is 18.8. The molecule has 0 spiro atoms. The van der Waals surface area contributed by atoms with Gasteiger partial charge in [0.25, 0.3) is 5.91 Å². The number of anilines is 2. The van der Waals surface area contributed by atoms with E-state index in [9.17, 15) is 4.79 Å². The van der Waals surface area contributed by atoms with E-state index in [1.807, 2.05) is 12.1 Å². The summed E-state index contributed by atoms with van der Waals surface area (Å²) in [4.78, 5) is 18.7. The van der Waals surface area contributed by atoms with Crippen molar-refractivity contribution in [1.82, 2.24) is 15.1 Å². The normalized spacial score (nSPS) is 18.1. The second-order valence-corrected chi connectivity index (χ2v) is 8.65. The lowest BCUT2D eigenvalue weighted by atomic mass is 10.2. The second kappa shape index (κ2) is 8.18. The highest BCUT2D eigenvalue weighted by atomic mass is 35.5. The average molecular weight is 428 g/mol. The van der Waals surface area contributed by atoms with E-state index >= 15 is 0 Å². The Balaban J connectivity index is 1.36. The molecule has 0 saturated carbocycles. The molecule has 0 aliphatic carbocycles. The van der Waals surface area contributed by atoms with Gasteiger partial charge in [0.1, 0.15) is 4.34 Å². The molecule has 1 amide bonds. The van der Waals surface area contributed by atoms with Gasteiger partial charge >= 0.3 is 0 Å². The number of morpholine rings is 1. The molecule has 0 unspecified atom stereocenters. The maximum atomic E-state index is 12.6. The highest BCUT2D eigenvalue weighted by molar-refractivity contribution is 7.20. The monoisotopic (exact) mass is 427 g/mol. The van der Waals surface area contributed by atoms with Gasteiger partial charge in [0, 0.05) is 39.3 Å². The molecule has 0 aromatic carbocycles. The number of amides is 1. The van der Waals surface area contributed by atoms with Crippen molar-refractivity contribution >= 4 is 52.1 Å². The molecule has 4 heterocycles. The summed E-state index contributed by atoms with van der Waals surface area (Å²) in [7, 11) is 0. The predicted molar refractivity (Wildman–Crippen MR) is 108 cm³/mol. The zero-order valence-electron chi connectivity index (χ0n) is 14.6. The molecule has 0 N–H and O–H groups in total. The van der Waals surface area contributed by atoms with Crippen molar-refractivity contribution < 1.29 is 9.53 Å². The van der Waals surface area contributed by atoms with Gasteiger partial charge in [-0.3, -0.25) is 4.79 Å². The molecule has 144 valence electrons. The number of hydrogen-bond acceptors (Lipinski definition) is 7. The Bertz CT molecular complexity index is 802. The van der Waals surface area contributed by atoms with Crippen molar-refractivity contribution in [1.29, 1.82) is 0 Å². The Morgan fingerprint density at radius 2 is 1.56 bits per heavy atom. The van der Waals surface area contributed by atoms with E-state index in [0.29, 0.717) is 40.4 Å². The van der Waals surface area contributed by atoms with Gasteiger partial charge in [-0.05, 0) is 18.2 Å². The van der Waals surface area contributed by atoms with Crippen molar-refractivity contribution in [2.45, 2.75) is 0 Å². The van der Waals surface area contributed by atoms with Crippen molar-refractivity contribution in [2.75, 3.05) is 62.3 Å². The van der Waals surface area contributed by atoms with Crippen LogP contribution in [0.3, 0.4) is 0 Å². The molecule has 4 rings (SSSR count). The van der Waals surface area contributed by atoms with Crippen LogP contribution < -0.4 is 9.80 Å². The highest BCUT2D eigenvalue weighted by Crippen LogP contribution is 2.32. The third-order valence-corrected chi connectivity index (χ3v) is 6.24. The molecular weight excluding hydrogens is 409 g/mol. The molecule has 2 aromatic rings. The lowest BCUT2D eigenvalue weighted by Gasteiger charge is -2.35. The van der Waals surface area contributed by atoms with Gasteiger partial charge in [-0.2, -0.15) is 0 Å². The summed E-state index contributed by atoms with van der Waals surface area (Å²) in [6.45, 7) is 5.73. The Labute approximate surface area is 171 Å². The van der Waals surface area contributed by atoms with Crippen LogP contribution in [-0.2, 0) is 4.74 Å². The first-order chi connectivity index (χ1) is 13.1. The van der Waals surface area contributed by atoms with Crippen molar-refractivity contribution in [3.05, 3.63) is 32.4 Å². The SMILES string of the molecule is O=C(c1cc(Cl)sc1Cl)N1CCN(c2ccc(N3CCOCC3)nn2)CC1. The number of piperazine rings is 1. The van der Waals surface area contributed by atoms with Gasteiger partial charge in [-0.15, -0.1) is 21.5 Å². The van der Waals surface area contributed by atoms with Crippen LogP contribution in [0.2, 0.25) is 8.67 Å².